The lowest BCUT2D eigenvalue weighted by Gasteiger charge is -2.02. The summed E-state index contributed by atoms with van der Waals surface area (Å²) in [6.45, 7) is 10.3. The van der Waals surface area contributed by atoms with Crippen LogP contribution in [0.25, 0.3) is 0 Å². The van der Waals surface area contributed by atoms with Crippen molar-refractivity contribution in [1.29, 1.82) is 0 Å². The molecule has 2 N–H and O–H groups in total. The van der Waals surface area contributed by atoms with Gasteiger partial charge >= 0.3 is 0 Å². The van der Waals surface area contributed by atoms with Gasteiger partial charge in [0, 0.05) is 13.2 Å². The van der Waals surface area contributed by atoms with E-state index in [4.69, 9.17) is 15.2 Å². The van der Waals surface area contributed by atoms with Crippen LogP contribution in [-0.2, 0) is 9.47 Å². The van der Waals surface area contributed by atoms with Gasteiger partial charge in [0.15, 0.2) is 0 Å². The summed E-state index contributed by atoms with van der Waals surface area (Å²) in [4.78, 5) is 0. The molecule has 0 spiro atoms. The zero-order valence-corrected chi connectivity index (χ0v) is 10.1. The quantitative estimate of drug-likeness (QED) is 0.618. The summed E-state index contributed by atoms with van der Waals surface area (Å²) in [5.74, 6) is 0. The number of rotatable bonds is 8. The fourth-order valence-corrected chi connectivity index (χ4v) is 0.611. The third-order valence-corrected chi connectivity index (χ3v) is 1.36. The molecule has 14 heavy (non-hydrogen) atoms. The molecule has 0 rings (SSSR count). The van der Waals surface area contributed by atoms with Crippen molar-refractivity contribution in [2.45, 2.75) is 40.0 Å². The normalized spacial score (nSPS) is 9.43. The molecule has 0 saturated heterocycles. The van der Waals surface area contributed by atoms with Gasteiger partial charge < -0.3 is 15.2 Å². The highest BCUT2D eigenvalue weighted by atomic mass is 16.5. The molecule has 88 valence electrons. The lowest BCUT2D eigenvalue weighted by molar-refractivity contribution is 0.0483. The minimum Gasteiger partial charge on any atom is -0.379 e. The summed E-state index contributed by atoms with van der Waals surface area (Å²) in [6.07, 6.45) is 3.28. The molecule has 0 aliphatic heterocycles. The Morgan fingerprint density at radius 2 is 1.07 bits per heavy atom. The van der Waals surface area contributed by atoms with Crippen LogP contribution in [0.1, 0.15) is 40.0 Å². The predicted octanol–water partition coefficient (Wildman–Crippen LogP) is 2.19. The summed E-state index contributed by atoms with van der Waals surface area (Å²) >= 11 is 0. The van der Waals surface area contributed by atoms with E-state index in [-0.39, 0.29) is 0 Å². The molecule has 0 aromatic rings. The van der Waals surface area contributed by atoms with Crippen LogP contribution in [0.4, 0.5) is 0 Å². The second-order valence-electron chi connectivity index (χ2n) is 3.01. The molecule has 0 aliphatic carbocycles. The van der Waals surface area contributed by atoms with Gasteiger partial charge in [-0.15, -0.1) is 0 Å². The molecule has 3 heteroatoms. The molecule has 0 amide bonds. The van der Waals surface area contributed by atoms with Crippen LogP contribution >= 0.6 is 0 Å². The highest BCUT2D eigenvalue weighted by Gasteiger charge is 1.85. The second kappa shape index (κ2) is 18.6. The van der Waals surface area contributed by atoms with E-state index in [9.17, 15) is 0 Å². The molecule has 0 atom stereocenters. The topological polar surface area (TPSA) is 44.5 Å². The van der Waals surface area contributed by atoms with Gasteiger partial charge in [0.1, 0.15) is 0 Å². The zero-order chi connectivity index (χ0) is 11.1. The van der Waals surface area contributed by atoms with E-state index >= 15 is 0 Å². The van der Waals surface area contributed by atoms with Crippen molar-refractivity contribution in [2.24, 2.45) is 5.73 Å². The van der Waals surface area contributed by atoms with Gasteiger partial charge in [-0.3, -0.25) is 0 Å². The van der Waals surface area contributed by atoms with Crippen molar-refractivity contribution in [2.75, 3.05) is 33.0 Å². The molecule has 0 aromatic carbocycles. The van der Waals surface area contributed by atoms with Crippen LogP contribution in [0.15, 0.2) is 0 Å². The Hall–Kier alpha value is -0.120. The van der Waals surface area contributed by atoms with Crippen LogP contribution in [-0.4, -0.2) is 33.0 Å². The van der Waals surface area contributed by atoms with Crippen LogP contribution in [0.2, 0.25) is 0 Å². The Balaban J connectivity index is 0. The van der Waals surface area contributed by atoms with Gasteiger partial charge in [-0.2, -0.15) is 0 Å². The van der Waals surface area contributed by atoms with E-state index in [2.05, 4.69) is 20.8 Å². The predicted molar refractivity (Wildman–Crippen MR) is 61.6 cm³/mol. The SMILES string of the molecule is CCCN.CCCOCCOCCC. The first-order valence-electron chi connectivity index (χ1n) is 5.68. The minimum absolute atomic E-state index is 0.744. The van der Waals surface area contributed by atoms with Gasteiger partial charge in [0.05, 0.1) is 13.2 Å². The molecule has 0 fully saturated rings. The Morgan fingerprint density at radius 1 is 0.714 bits per heavy atom. The summed E-state index contributed by atoms with van der Waals surface area (Å²) < 4.78 is 10.4. The van der Waals surface area contributed by atoms with Crippen molar-refractivity contribution >= 4 is 0 Å². The van der Waals surface area contributed by atoms with E-state index < -0.39 is 0 Å². The van der Waals surface area contributed by atoms with Crippen molar-refractivity contribution in [3.8, 4) is 0 Å². The van der Waals surface area contributed by atoms with Crippen LogP contribution in [0.3, 0.4) is 0 Å². The summed E-state index contributed by atoms with van der Waals surface area (Å²) in [6, 6.07) is 0. The number of hydrogen-bond donors (Lipinski definition) is 1. The van der Waals surface area contributed by atoms with Gasteiger partial charge in [-0.25, -0.2) is 0 Å². The maximum Gasteiger partial charge on any atom is 0.0700 e. The standard InChI is InChI=1S/C8H18O2.C3H9N/c1-3-5-9-7-8-10-6-4-2;1-2-3-4/h3-8H2,1-2H3;2-4H2,1H3. The average molecular weight is 205 g/mol. The molecule has 0 saturated carbocycles. The first-order valence-corrected chi connectivity index (χ1v) is 5.68. The lowest BCUT2D eigenvalue weighted by Crippen LogP contribution is -2.04. The molecule has 0 heterocycles. The first kappa shape index (κ1) is 16.3. The minimum atomic E-state index is 0.744. The van der Waals surface area contributed by atoms with Crippen molar-refractivity contribution in [1.82, 2.24) is 0 Å². The molecule has 0 bridgehead atoms. The Morgan fingerprint density at radius 3 is 1.29 bits per heavy atom. The summed E-state index contributed by atoms with van der Waals surface area (Å²) in [5.41, 5.74) is 5.03. The van der Waals surface area contributed by atoms with Gasteiger partial charge in [-0.05, 0) is 25.8 Å². The molecular weight excluding hydrogens is 178 g/mol. The monoisotopic (exact) mass is 205 g/mol. The van der Waals surface area contributed by atoms with Crippen molar-refractivity contribution in [3.63, 3.8) is 0 Å². The molecule has 0 radical (unpaired) electrons. The Bertz CT molecular complexity index is 69.7. The van der Waals surface area contributed by atoms with Gasteiger partial charge in [-0.1, -0.05) is 20.8 Å². The maximum atomic E-state index is 5.20. The van der Waals surface area contributed by atoms with E-state index in [0.29, 0.717) is 0 Å². The third-order valence-electron chi connectivity index (χ3n) is 1.36. The lowest BCUT2D eigenvalue weighted by atomic mass is 10.5. The average Bonchev–Trinajstić information content (AvgIpc) is 2.24. The van der Waals surface area contributed by atoms with Crippen LogP contribution in [0, 0.1) is 0 Å². The second-order valence-corrected chi connectivity index (χ2v) is 3.01. The largest absolute Gasteiger partial charge is 0.379 e. The highest BCUT2D eigenvalue weighted by molar-refractivity contribution is 4.30. The molecule has 0 unspecified atom stereocenters. The van der Waals surface area contributed by atoms with Crippen LogP contribution in [0.5, 0.6) is 0 Å². The molecule has 0 aromatic heterocycles. The maximum absolute atomic E-state index is 5.20. The van der Waals surface area contributed by atoms with Gasteiger partial charge in [0.25, 0.3) is 0 Å². The van der Waals surface area contributed by atoms with E-state index in [0.717, 1.165) is 52.2 Å². The summed E-state index contributed by atoms with van der Waals surface area (Å²) in [7, 11) is 0. The zero-order valence-electron chi connectivity index (χ0n) is 10.1. The number of nitrogens with two attached hydrogens (primary N) is 1. The van der Waals surface area contributed by atoms with E-state index in [1.165, 1.54) is 0 Å². The van der Waals surface area contributed by atoms with Crippen molar-refractivity contribution < 1.29 is 9.47 Å². The summed E-state index contributed by atoms with van der Waals surface area (Å²) in [5, 5.41) is 0. The molecule has 0 aliphatic rings. The van der Waals surface area contributed by atoms with Crippen molar-refractivity contribution in [3.05, 3.63) is 0 Å². The Kier molecular flexibility index (Phi) is 21.7. The van der Waals surface area contributed by atoms with Gasteiger partial charge in [0.2, 0.25) is 0 Å². The molecular formula is C11H27NO2. The van der Waals surface area contributed by atoms with Crippen LogP contribution < -0.4 is 5.73 Å². The highest BCUT2D eigenvalue weighted by Crippen LogP contribution is 1.83. The van der Waals surface area contributed by atoms with E-state index in [1.807, 2.05) is 0 Å². The fourth-order valence-electron chi connectivity index (χ4n) is 0.611. The number of ether oxygens (including phenoxy) is 2. The van der Waals surface area contributed by atoms with E-state index in [1.54, 1.807) is 0 Å². The first-order chi connectivity index (χ1) is 6.83. The fraction of sp³-hybridized carbons (Fsp3) is 1.00. The molecule has 3 nitrogen and oxygen atoms in total. The number of hydrogen-bond acceptors (Lipinski definition) is 3. The third kappa shape index (κ3) is 22.6. The smallest absolute Gasteiger partial charge is 0.0700 e. The Labute approximate surface area is 89.0 Å².